The Morgan fingerprint density at radius 3 is 2.39 bits per heavy atom. The Morgan fingerprint density at radius 1 is 1.13 bits per heavy atom. The molecule has 0 spiro atoms. The molecular weight excluding hydrogens is 444 g/mol. The van der Waals surface area contributed by atoms with Crippen molar-refractivity contribution in [1.29, 1.82) is 0 Å². The van der Waals surface area contributed by atoms with Gasteiger partial charge in [0.25, 0.3) is 10.0 Å². The van der Waals surface area contributed by atoms with Crippen LogP contribution >= 0.6 is 11.6 Å². The maximum atomic E-state index is 12.6. The molecular formula is C20H17ClN4O5S. The molecule has 0 amide bonds. The molecule has 0 aliphatic rings. The van der Waals surface area contributed by atoms with Crippen molar-refractivity contribution in [3.05, 3.63) is 71.1 Å². The normalized spacial score (nSPS) is 11.4. The summed E-state index contributed by atoms with van der Waals surface area (Å²) in [6.45, 7) is 3.40. The van der Waals surface area contributed by atoms with Gasteiger partial charge in [0.2, 0.25) is 0 Å². The summed E-state index contributed by atoms with van der Waals surface area (Å²) in [7, 11) is -2.71. The van der Waals surface area contributed by atoms with E-state index >= 15 is 0 Å². The number of hydrogen-bond donors (Lipinski definition) is 3. The number of benzene rings is 2. The number of carboxylic acid groups (broad SMARTS) is 1. The van der Waals surface area contributed by atoms with Crippen LogP contribution in [0.4, 0.5) is 17.3 Å². The number of nitrogens with zero attached hydrogens (tertiary/aromatic N) is 2. The summed E-state index contributed by atoms with van der Waals surface area (Å²) in [4.78, 5) is 19.0. The Kier molecular flexibility index (Phi) is 6.42. The molecule has 0 aliphatic carbocycles. The van der Waals surface area contributed by atoms with Crippen molar-refractivity contribution in [3.8, 4) is 5.75 Å². The van der Waals surface area contributed by atoms with Gasteiger partial charge in [0.05, 0.1) is 33.8 Å². The van der Waals surface area contributed by atoms with Crippen LogP contribution in [0.1, 0.15) is 0 Å². The van der Waals surface area contributed by atoms with Gasteiger partial charge in [-0.1, -0.05) is 30.3 Å². The lowest BCUT2D eigenvalue weighted by molar-refractivity contribution is -0.131. The molecule has 0 aliphatic heterocycles. The fourth-order valence-electron chi connectivity index (χ4n) is 2.46. The molecule has 0 unspecified atom stereocenters. The zero-order chi connectivity index (χ0) is 22.6. The lowest BCUT2D eigenvalue weighted by Crippen LogP contribution is -2.16. The molecule has 11 heteroatoms. The van der Waals surface area contributed by atoms with Crippen LogP contribution in [0.15, 0.2) is 66.1 Å². The molecule has 31 heavy (non-hydrogen) atoms. The first-order valence-corrected chi connectivity index (χ1v) is 10.6. The zero-order valence-electron chi connectivity index (χ0n) is 16.2. The van der Waals surface area contributed by atoms with Crippen molar-refractivity contribution in [3.63, 3.8) is 0 Å². The number of carboxylic acids is 1. The van der Waals surface area contributed by atoms with Crippen molar-refractivity contribution in [1.82, 2.24) is 9.97 Å². The lowest BCUT2D eigenvalue weighted by atomic mass is 10.3. The van der Waals surface area contributed by atoms with Crippen LogP contribution in [0, 0.1) is 0 Å². The number of halogens is 1. The molecule has 0 saturated heterocycles. The highest BCUT2D eigenvalue weighted by Gasteiger charge is 2.19. The standard InChI is InChI=1S/C20H17ClN4O5S/c1-12(7-10-18(26)27)31(28,29)25-20-19(22-15-5-3-4-6-16(15)23-20)24-17-11-13(30-2)8-9-14(17)21/h3-11H,1H2,2H3,(H,22,24)(H,23,25)(H,26,27). The van der Waals surface area contributed by atoms with E-state index in [9.17, 15) is 13.2 Å². The van der Waals surface area contributed by atoms with Gasteiger partial charge in [-0.2, -0.15) is 0 Å². The van der Waals surface area contributed by atoms with E-state index in [2.05, 4.69) is 26.6 Å². The summed E-state index contributed by atoms with van der Waals surface area (Å²) in [5.74, 6) is -0.832. The molecule has 3 N–H and O–H groups in total. The van der Waals surface area contributed by atoms with Gasteiger partial charge in [0.15, 0.2) is 11.6 Å². The van der Waals surface area contributed by atoms with Gasteiger partial charge in [-0.25, -0.2) is 23.2 Å². The quantitative estimate of drug-likeness (QED) is 0.340. The minimum Gasteiger partial charge on any atom is -0.497 e. The first-order valence-electron chi connectivity index (χ1n) is 8.69. The van der Waals surface area contributed by atoms with Crippen LogP contribution in [0.25, 0.3) is 11.0 Å². The number of fused-ring (bicyclic) bond motifs is 1. The molecule has 2 aromatic carbocycles. The summed E-state index contributed by atoms with van der Waals surface area (Å²) in [5.41, 5.74) is 1.36. The van der Waals surface area contributed by atoms with Crippen molar-refractivity contribution in [2.75, 3.05) is 17.1 Å². The number of nitrogens with one attached hydrogen (secondary N) is 2. The van der Waals surface area contributed by atoms with Crippen LogP contribution in [0.2, 0.25) is 5.02 Å². The van der Waals surface area contributed by atoms with E-state index in [1.807, 2.05) is 0 Å². The second kappa shape index (κ2) is 9.02. The highest BCUT2D eigenvalue weighted by atomic mass is 35.5. The first kappa shape index (κ1) is 22.1. The minimum atomic E-state index is -4.21. The Morgan fingerprint density at radius 2 is 1.77 bits per heavy atom. The summed E-state index contributed by atoms with van der Waals surface area (Å²) in [6.07, 6.45) is 1.54. The number of para-hydroxylation sites is 2. The summed E-state index contributed by atoms with van der Waals surface area (Å²) in [6, 6.07) is 11.8. The van der Waals surface area contributed by atoms with Gasteiger partial charge in [-0.3, -0.25) is 4.72 Å². The molecule has 160 valence electrons. The number of rotatable bonds is 8. The second-order valence-electron chi connectivity index (χ2n) is 6.12. The molecule has 0 atom stereocenters. The Labute approximate surface area is 183 Å². The molecule has 1 aromatic heterocycles. The number of allylic oxidation sites excluding steroid dienone is 1. The molecule has 0 fully saturated rings. The van der Waals surface area contributed by atoms with Crippen molar-refractivity contribution in [2.24, 2.45) is 0 Å². The van der Waals surface area contributed by atoms with E-state index < -0.39 is 20.9 Å². The van der Waals surface area contributed by atoms with Gasteiger partial charge in [0, 0.05) is 12.1 Å². The number of ether oxygens (including phenoxy) is 1. The third kappa shape index (κ3) is 5.30. The molecule has 1 heterocycles. The fourth-order valence-corrected chi connectivity index (χ4v) is 3.40. The average Bonchev–Trinajstić information content (AvgIpc) is 2.73. The number of sulfonamides is 1. The van der Waals surface area contributed by atoms with Gasteiger partial charge in [-0.05, 0) is 30.3 Å². The molecule has 3 aromatic rings. The maximum Gasteiger partial charge on any atom is 0.328 e. The number of anilines is 3. The Hall–Kier alpha value is -3.63. The molecule has 0 radical (unpaired) electrons. The average molecular weight is 461 g/mol. The SMILES string of the molecule is C=C(C=CC(=O)O)S(=O)(=O)Nc1nc2ccccc2nc1Nc1cc(OC)ccc1Cl. The largest absolute Gasteiger partial charge is 0.497 e. The number of carbonyl (C=O) groups is 1. The van der Waals surface area contributed by atoms with Crippen LogP contribution in [0.3, 0.4) is 0 Å². The van der Waals surface area contributed by atoms with Gasteiger partial charge < -0.3 is 15.2 Å². The predicted molar refractivity (Wildman–Crippen MR) is 119 cm³/mol. The Balaban J connectivity index is 2.06. The highest BCUT2D eigenvalue weighted by molar-refractivity contribution is 7.96. The van der Waals surface area contributed by atoms with Crippen LogP contribution in [-0.2, 0) is 14.8 Å². The monoisotopic (exact) mass is 460 g/mol. The Bertz CT molecular complexity index is 1310. The smallest absolute Gasteiger partial charge is 0.328 e. The molecule has 3 rings (SSSR count). The van der Waals surface area contributed by atoms with E-state index in [-0.39, 0.29) is 11.6 Å². The van der Waals surface area contributed by atoms with Gasteiger partial charge >= 0.3 is 5.97 Å². The maximum absolute atomic E-state index is 12.6. The molecule has 0 bridgehead atoms. The van der Waals surface area contributed by atoms with Gasteiger partial charge in [-0.15, -0.1) is 0 Å². The summed E-state index contributed by atoms with van der Waals surface area (Å²) in [5, 5.41) is 12.0. The third-order valence-electron chi connectivity index (χ3n) is 3.99. The lowest BCUT2D eigenvalue weighted by Gasteiger charge is -2.15. The topological polar surface area (TPSA) is 131 Å². The van der Waals surface area contributed by atoms with Crippen molar-refractivity contribution >= 4 is 56.0 Å². The van der Waals surface area contributed by atoms with E-state index in [1.165, 1.54) is 7.11 Å². The number of aromatic nitrogens is 2. The van der Waals surface area contributed by atoms with E-state index in [1.54, 1.807) is 42.5 Å². The fraction of sp³-hybridized carbons (Fsp3) is 0.0500. The zero-order valence-corrected chi connectivity index (χ0v) is 17.7. The van der Waals surface area contributed by atoms with Gasteiger partial charge in [0.1, 0.15) is 5.75 Å². The number of hydrogen-bond acceptors (Lipinski definition) is 7. The first-order chi connectivity index (χ1) is 14.7. The third-order valence-corrected chi connectivity index (χ3v) is 5.60. The summed E-state index contributed by atoms with van der Waals surface area (Å²) < 4.78 is 32.7. The number of methoxy groups -OCH3 is 1. The minimum absolute atomic E-state index is 0.0763. The second-order valence-corrected chi connectivity index (χ2v) is 8.27. The number of aliphatic carboxylic acids is 1. The van der Waals surface area contributed by atoms with Crippen molar-refractivity contribution in [2.45, 2.75) is 0 Å². The summed E-state index contributed by atoms with van der Waals surface area (Å²) >= 11 is 6.24. The van der Waals surface area contributed by atoms with E-state index in [0.717, 1.165) is 6.08 Å². The van der Waals surface area contributed by atoms with Crippen LogP contribution in [-0.4, -0.2) is 36.6 Å². The predicted octanol–water partition coefficient (Wildman–Crippen LogP) is 3.93. The van der Waals surface area contributed by atoms with Crippen molar-refractivity contribution < 1.29 is 23.1 Å². The van der Waals surface area contributed by atoms with Crippen LogP contribution in [0.5, 0.6) is 5.75 Å². The molecule has 0 saturated carbocycles. The molecule has 9 nitrogen and oxygen atoms in total. The van der Waals surface area contributed by atoms with E-state index in [0.29, 0.717) is 33.6 Å². The highest BCUT2D eigenvalue weighted by Crippen LogP contribution is 2.32. The van der Waals surface area contributed by atoms with E-state index in [4.69, 9.17) is 21.4 Å². The van der Waals surface area contributed by atoms with Crippen LogP contribution < -0.4 is 14.8 Å².